The summed E-state index contributed by atoms with van der Waals surface area (Å²) in [7, 11) is 0. The van der Waals surface area contributed by atoms with E-state index in [9.17, 15) is 0 Å². The zero-order chi connectivity index (χ0) is 13.5. The first kappa shape index (κ1) is 15.7. The van der Waals surface area contributed by atoms with E-state index in [-0.39, 0.29) is 0 Å². The zero-order valence-electron chi connectivity index (χ0n) is 13.2. The quantitative estimate of drug-likeness (QED) is 0.462. The molecule has 0 aromatic rings. The largest absolute Gasteiger partial charge is 0.155 e. The molecule has 2 aliphatic rings. The molecule has 19 heavy (non-hydrogen) atoms. The lowest BCUT2D eigenvalue weighted by molar-refractivity contribution is 0.279. The molecule has 112 valence electrons. The summed E-state index contributed by atoms with van der Waals surface area (Å²) < 4.78 is 0. The molecule has 0 N–H and O–H groups in total. The lowest BCUT2D eigenvalue weighted by atomic mass is 9.80. The average molecular weight is 283 g/mol. The Hall–Kier alpha value is 0.350. The molecule has 0 aromatic carbocycles. The maximum atomic E-state index is 2.41. The molecule has 2 aliphatic heterocycles. The van der Waals surface area contributed by atoms with E-state index >= 15 is 0 Å². The Balaban J connectivity index is 1.71. The Bertz CT molecular complexity index is 214. The molecule has 0 radical (unpaired) electrons. The first-order chi connectivity index (χ1) is 9.35. The van der Waals surface area contributed by atoms with Crippen LogP contribution < -0.4 is 0 Å². The average Bonchev–Trinajstić information content (AvgIpc) is 2.44. The van der Waals surface area contributed by atoms with E-state index in [1.165, 1.54) is 64.2 Å². The number of hydrogen-bond acceptors (Lipinski definition) is 1. The Labute approximate surface area is 125 Å². The third kappa shape index (κ3) is 4.69. The number of fused-ring (bicyclic) bond motifs is 2. The van der Waals surface area contributed by atoms with Crippen LogP contribution in [0.15, 0.2) is 0 Å². The molecule has 0 unspecified atom stereocenters. The van der Waals surface area contributed by atoms with Gasteiger partial charge in [0.05, 0.1) is 0 Å². The topological polar surface area (TPSA) is 0 Å². The molecular weight excluding hydrogens is 248 g/mol. The van der Waals surface area contributed by atoms with Gasteiger partial charge in [-0.15, -0.1) is 0 Å². The summed E-state index contributed by atoms with van der Waals surface area (Å²) in [6.07, 6.45) is 17.9. The molecule has 2 bridgehead atoms. The Morgan fingerprint density at radius 2 is 1.16 bits per heavy atom. The summed E-state index contributed by atoms with van der Waals surface area (Å²) >= 11 is 2.41. The fraction of sp³-hybridized carbons (Fsp3) is 1.00. The second kappa shape index (κ2) is 8.60. The van der Waals surface area contributed by atoms with Gasteiger partial charge in [-0.25, -0.2) is 0 Å². The Kier molecular flexibility index (Phi) is 7.12. The van der Waals surface area contributed by atoms with Crippen molar-refractivity contribution in [1.29, 1.82) is 0 Å². The third-order valence-corrected chi connectivity index (χ3v) is 7.34. The van der Waals surface area contributed by atoms with Gasteiger partial charge in [-0.2, -0.15) is 11.8 Å². The Morgan fingerprint density at radius 1 is 0.684 bits per heavy atom. The van der Waals surface area contributed by atoms with E-state index < -0.39 is 0 Å². The fourth-order valence-corrected chi connectivity index (χ4v) is 6.14. The van der Waals surface area contributed by atoms with E-state index in [2.05, 4.69) is 25.6 Å². The smallest absolute Gasteiger partial charge is 0.00783 e. The number of rotatable bonds is 8. The van der Waals surface area contributed by atoms with Crippen molar-refractivity contribution in [3.63, 3.8) is 0 Å². The minimum absolute atomic E-state index is 1.04. The highest BCUT2D eigenvalue weighted by molar-refractivity contribution is 8.00. The molecule has 0 spiro atoms. The van der Waals surface area contributed by atoms with Crippen molar-refractivity contribution in [2.75, 3.05) is 0 Å². The third-order valence-electron chi connectivity index (χ3n) is 5.40. The number of hydrogen-bond donors (Lipinski definition) is 0. The van der Waals surface area contributed by atoms with Gasteiger partial charge in [0.2, 0.25) is 0 Å². The summed E-state index contributed by atoms with van der Waals surface area (Å²) in [5, 5.41) is 2.08. The van der Waals surface area contributed by atoms with Crippen LogP contribution in [0.5, 0.6) is 0 Å². The van der Waals surface area contributed by atoms with Gasteiger partial charge in [0, 0.05) is 10.5 Å². The van der Waals surface area contributed by atoms with Crippen molar-refractivity contribution in [2.24, 2.45) is 11.8 Å². The molecule has 2 saturated heterocycles. The van der Waals surface area contributed by atoms with Crippen LogP contribution in [0.25, 0.3) is 0 Å². The minimum Gasteiger partial charge on any atom is -0.155 e. The van der Waals surface area contributed by atoms with Gasteiger partial charge < -0.3 is 0 Å². The molecule has 1 heteroatoms. The normalized spacial score (nSPS) is 34.4. The highest BCUT2D eigenvalue weighted by Crippen LogP contribution is 2.49. The van der Waals surface area contributed by atoms with E-state index in [0.717, 1.165) is 22.3 Å². The monoisotopic (exact) mass is 282 g/mol. The van der Waals surface area contributed by atoms with Crippen LogP contribution in [0.3, 0.4) is 0 Å². The maximum Gasteiger partial charge on any atom is 0.00783 e. The summed E-state index contributed by atoms with van der Waals surface area (Å²) in [5.74, 6) is 2.15. The van der Waals surface area contributed by atoms with Crippen molar-refractivity contribution in [2.45, 2.75) is 101 Å². The first-order valence-corrected chi connectivity index (χ1v) is 9.94. The van der Waals surface area contributed by atoms with Crippen molar-refractivity contribution in [3.05, 3.63) is 0 Å². The zero-order valence-corrected chi connectivity index (χ0v) is 14.0. The number of unbranched alkanes of at least 4 members (excludes halogenated alkanes) is 4. The summed E-state index contributed by atoms with van der Waals surface area (Å²) in [4.78, 5) is 0. The molecule has 4 atom stereocenters. The van der Waals surface area contributed by atoms with Gasteiger partial charge in [-0.1, -0.05) is 52.4 Å². The fourth-order valence-electron chi connectivity index (χ4n) is 4.16. The minimum atomic E-state index is 1.04. The van der Waals surface area contributed by atoms with Crippen LogP contribution in [0.2, 0.25) is 0 Å². The summed E-state index contributed by atoms with van der Waals surface area (Å²) in [5.41, 5.74) is 0. The van der Waals surface area contributed by atoms with Gasteiger partial charge in [0.1, 0.15) is 0 Å². The summed E-state index contributed by atoms with van der Waals surface area (Å²) in [6.45, 7) is 4.65. The molecular formula is C18H34S. The van der Waals surface area contributed by atoms with Crippen LogP contribution in [-0.4, -0.2) is 10.5 Å². The highest BCUT2D eigenvalue weighted by Gasteiger charge is 2.38. The van der Waals surface area contributed by atoms with Gasteiger partial charge in [-0.05, 0) is 50.4 Å². The molecule has 0 amide bonds. The van der Waals surface area contributed by atoms with Crippen LogP contribution in [0.4, 0.5) is 0 Å². The van der Waals surface area contributed by atoms with Crippen molar-refractivity contribution < 1.29 is 0 Å². The standard InChI is InChI=1S/C18H34S/c1-3-5-7-9-15-11-13-18-16(10-8-6-4-2)12-14-17(15)19-18/h15-18H,3-14H2,1-2H3/t15-,16-,17-,18-/m1/s1. The highest BCUT2D eigenvalue weighted by atomic mass is 32.2. The van der Waals surface area contributed by atoms with Gasteiger partial charge >= 0.3 is 0 Å². The SMILES string of the molecule is CCCCC[C@@H]1CC[C@H]2S[C@@H]1CC[C@H]2CCCCC. The van der Waals surface area contributed by atoms with Crippen molar-refractivity contribution >= 4 is 11.8 Å². The van der Waals surface area contributed by atoms with Crippen LogP contribution in [-0.2, 0) is 0 Å². The van der Waals surface area contributed by atoms with Crippen molar-refractivity contribution in [3.8, 4) is 0 Å². The molecule has 2 fully saturated rings. The van der Waals surface area contributed by atoms with Crippen LogP contribution >= 0.6 is 11.8 Å². The number of thioether (sulfide) groups is 1. The first-order valence-electron chi connectivity index (χ1n) is 9.00. The van der Waals surface area contributed by atoms with E-state index in [4.69, 9.17) is 0 Å². The van der Waals surface area contributed by atoms with E-state index in [1.807, 2.05) is 0 Å². The van der Waals surface area contributed by atoms with Gasteiger partial charge in [-0.3, -0.25) is 0 Å². The second-order valence-electron chi connectivity index (χ2n) is 6.88. The lowest BCUT2D eigenvalue weighted by Crippen LogP contribution is -2.36. The summed E-state index contributed by atoms with van der Waals surface area (Å²) in [6, 6.07) is 0. The molecule has 0 nitrogen and oxygen atoms in total. The van der Waals surface area contributed by atoms with E-state index in [1.54, 1.807) is 12.8 Å². The molecule has 2 heterocycles. The van der Waals surface area contributed by atoms with Gasteiger partial charge in [0.15, 0.2) is 0 Å². The maximum absolute atomic E-state index is 2.41. The van der Waals surface area contributed by atoms with Crippen LogP contribution in [0, 0.1) is 11.8 Å². The Morgan fingerprint density at radius 3 is 1.58 bits per heavy atom. The second-order valence-corrected chi connectivity index (χ2v) is 8.36. The molecule has 0 aliphatic carbocycles. The van der Waals surface area contributed by atoms with Gasteiger partial charge in [0.25, 0.3) is 0 Å². The predicted octanol–water partition coefficient (Wildman–Crippen LogP) is 6.44. The molecule has 0 saturated carbocycles. The molecule has 0 aromatic heterocycles. The van der Waals surface area contributed by atoms with E-state index in [0.29, 0.717) is 0 Å². The lowest BCUT2D eigenvalue weighted by Gasteiger charge is -2.44. The van der Waals surface area contributed by atoms with Crippen molar-refractivity contribution in [1.82, 2.24) is 0 Å². The predicted molar refractivity (Wildman–Crippen MR) is 88.9 cm³/mol. The molecule has 2 rings (SSSR count). The van der Waals surface area contributed by atoms with Crippen LogP contribution in [0.1, 0.15) is 90.9 Å².